The van der Waals surface area contributed by atoms with Crippen molar-refractivity contribution in [2.75, 3.05) is 0 Å². The Bertz CT molecular complexity index is 150. The first-order valence-corrected chi connectivity index (χ1v) is 4.75. The van der Waals surface area contributed by atoms with Crippen LogP contribution < -0.4 is 0 Å². The van der Waals surface area contributed by atoms with Gasteiger partial charge in [0.05, 0.1) is 6.10 Å². The summed E-state index contributed by atoms with van der Waals surface area (Å²) in [5.74, 6) is -0.101. The highest BCUT2D eigenvalue weighted by atomic mass is 35.5. The van der Waals surface area contributed by atoms with Gasteiger partial charge in [-0.05, 0) is 12.3 Å². The lowest BCUT2D eigenvalue weighted by molar-refractivity contribution is 0.170. The predicted octanol–water partition coefficient (Wildman–Crippen LogP) is 2.73. The number of aliphatic hydroxyl groups is 1. The number of hydrogen-bond donors (Lipinski definition) is 1. The molecular weight excluding hydrogens is 230 g/mol. The van der Waals surface area contributed by atoms with Gasteiger partial charge in [0.2, 0.25) is 0 Å². The molecule has 2 unspecified atom stereocenters. The van der Waals surface area contributed by atoms with E-state index in [1.807, 2.05) is 0 Å². The second-order valence-electron chi connectivity index (χ2n) is 2.90. The van der Waals surface area contributed by atoms with Gasteiger partial charge in [-0.1, -0.05) is 53.3 Å². The summed E-state index contributed by atoms with van der Waals surface area (Å²) in [5.41, 5.74) is 0. The van der Waals surface area contributed by atoms with Gasteiger partial charge in [0.15, 0.2) is 8.67 Å². The summed E-state index contributed by atoms with van der Waals surface area (Å²) in [6.07, 6.45) is -0.421. The Kier molecular flexibility index (Phi) is 2.61. The van der Waals surface area contributed by atoms with Gasteiger partial charge in [0.25, 0.3) is 0 Å². The lowest BCUT2D eigenvalue weighted by Gasteiger charge is -2.29. The van der Waals surface area contributed by atoms with Gasteiger partial charge >= 0.3 is 0 Å². The van der Waals surface area contributed by atoms with Gasteiger partial charge in [-0.3, -0.25) is 0 Å². The average Bonchev–Trinajstić information content (AvgIpc) is 1.95. The topological polar surface area (TPSA) is 20.2 Å². The highest BCUT2D eigenvalue weighted by molar-refractivity contribution is 6.63. The van der Waals surface area contributed by atoms with Crippen LogP contribution in [0.25, 0.3) is 0 Å². The summed E-state index contributed by atoms with van der Waals surface area (Å²) in [6, 6.07) is 0. The van der Waals surface area contributed by atoms with Crippen molar-refractivity contribution in [3.05, 3.63) is 0 Å². The Balaban J connectivity index is 2.95. The molecule has 1 nitrogen and oxygen atoms in total. The summed E-state index contributed by atoms with van der Waals surface area (Å²) in [6.45, 7) is 1.80. The summed E-state index contributed by atoms with van der Waals surface area (Å²) in [4.78, 5) is 0. The number of aliphatic hydroxyl groups excluding tert-OH is 1. The second-order valence-corrected chi connectivity index (χ2v) is 5.67. The van der Waals surface area contributed by atoms with Crippen molar-refractivity contribution < 1.29 is 5.11 Å². The second kappa shape index (κ2) is 2.81. The van der Waals surface area contributed by atoms with Crippen molar-refractivity contribution in [2.45, 2.75) is 28.1 Å². The Morgan fingerprint density at radius 2 is 1.64 bits per heavy atom. The molecule has 0 spiro atoms. The van der Waals surface area contributed by atoms with Crippen LogP contribution in [-0.4, -0.2) is 19.9 Å². The van der Waals surface area contributed by atoms with Gasteiger partial charge in [0, 0.05) is 0 Å². The molecule has 0 bridgehead atoms. The van der Waals surface area contributed by atoms with E-state index >= 15 is 0 Å². The Morgan fingerprint density at radius 3 is 1.73 bits per heavy atom. The quantitative estimate of drug-likeness (QED) is 0.643. The van der Waals surface area contributed by atoms with Crippen LogP contribution in [0.5, 0.6) is 0 Å². The summed E-state index contributed by atoms with van der Waals surface area (Å²) in [7, 11) is 0. The highest BCUT2D eigenvalue weighted by Crippen LogP contribution is 2.56. The fraction of sp³-hybridized carbons (Fsp3) is 1.00. The van der Waals surface area contributed by atoms with Crippen molar-refractivity contribution in [3.8, 4) is 0 Å². The van der Waals surface area contributed by atoms with Crippen LogP contribution >= 0.6 is 46.4 Å². The minimum absolute atomic E-state index is 0.101. The van der Waals surface area contributed by atoms with Crippen LogP contribution in [0.15, 0.2) is 0 Å². The van der Waals surface area contributed by atoms with E-state index in [1.165, 1.54) is 0 Å². The van der Waals surface area contributed by atoms with E-state index in [9.17, 15) is 5.11 Å². The smallest absolute Gasteiger partial charge is 0.176 e. The van der Waals surface area contributed by atoms with E-state index in [0.29, 0.717) is 6.42 Å². The number of alkyl halides is 4. The molecule has 1 aliphatic carbocycles. The maximum Gasteiger partial charge on any atom is 0.176 e. The first kappa shape index (κ1) is 10.2. The van der Waals surface area contributed by atoms with Crippen molar-refractivity contribution >= 4 is 46.4 Å². The molecule has 66 valence electrons. The molecule has 0 radical (unpaired) electrons. The average molecular weight is 238 g/mol. The van der Waals surface area contributed by atoms with Gasteiger partial charge < -0.3 is 5.11 Å². The molecule has 1 aliphatic rings. The molecule has 0 heterocycles. The van der Waals surface area contributed by atoms with E-state index < -0.39 is 14.8 Å². The molecular formula is C6H8Cl4O. The Labute approximate surface area is 85.6 Å². The predicted molar refractivity (Wildman–Crippen MR) is 48.7 cm³/mol. The largest absolute Gasteiger partial charge is 0.390 e. The molecule has 0 aromatic carbocycles. The monoisotopic (exact) mass is 236 g/mol. The van der Waals surface area contributed by atoms with Crippen LogP contribution in [0.3, 0.4) is 0 Å². The highest BCUT2D eigenvalue weighted by Gasteiger charge is 2.61. The van der Waals surface area contributed by atoms with Crippen LogP contribution in [0.1, 0.15) is 13.3 Å². The molecule has 0 aromatic rings. The first-order valence-electron chi connectivity index (χ1n) is 3.24. The van der Waals surface area contributed by atoms with Crippen LogP contribution in [0.2, 0.25) is 0 Å². The number of rotatable bonds is 0. The Morgan fingerprint density at radius 1 is 1.18 bits per heavy atom. The van der Waals surface area contributed by atoms with Gasteiger partial charge in [-0.15, -0.1) is 0 Å². The summed E-state index contributed by atoms with van der Waals surface area (Å²) >= 11 is 23.2. The minimum atomic E-state index is -1.45. The van der Waals surface area contributed by atoms with Crippen molar-refractivity contribution in [3.63, 3.8) is 0 Å². The summed E-state index contributed by atoms with van der Waals surface area (Å²) < 4.78 is -2.70. The number of halogens is 4. The molecule has 0 aromatic heterocycles. The van der Waals surface area contributed by atoms with Crippen molar-refractivity contribution in [1.29, 1.82) is 0 Å². The molecule has 5 heteroatoms. The van der Waals surface area contributed by atoms with Crippen molar-refractivity contribution in [2.24, 2.45) is 5.92 Å². The van der Waals surface area contributed by atoms with E-state index in [2.05, 4.69) is 0 Å². The lowest BCUT2D eigenvalue weighted by atomic mass is 10.1. The standard InChI is InChI=1S/C6H8Cl4O/c1-3-2-4(11)6(9,10)5(3,7)8/h3-4,11H,2H2,1H3. The van der Waals surface area contributed by atoms with Crippen LogP contribution in [0, 0.1) is 5.92 Å². The zero-order valence-electron chi connectivity index (χ0n) is 5.82. The van der Waals surface area contributed by atoms with Crippen molar-refractivity contribution in [1.82, 2.24) is 0 Å². The van der Waals surface area contributed by atoms with Gasteiger partial charge in [-0.2, -0.15) is 0 Å². The lowest BCUT2D eigenvalue weighted by Crippen LogP contribution is -2.40. The van der Waals surface area contributed by atoms with Crippen LogP contribution in [0.4, 0.5) is 0 Å². The van der Waals surface area contributed by atoms with E-state index in [0.717, 1.165) is 0 Å². The van der Waals surface area contributed by atoms with E-state index in [-0.39, 0.29) is 5.92 Å². The zero-order chi connectivity index (χ0) is 8.86. The molecule has 0 amide bonds. The molecule has 1 rings (SSSR count). The molecule has 0 aliphatic heterocycles. The van der Waals surface area contributed by atoms with Gasteiger partial charge in [0.1, 0.15) is 0 Å². The fourth-order valence-corrected chi connectivity index (χ4v) is 2.16. The normalized spacial score (nSPS) is 40.9. The SMILES string of the molecule is CC1CC(O)C(Cl)(Cl)C1(Cl)Cl. The molecule has 1 N–H and O–H groups in total. The summed E-state index contributed by atoms with van der Waals surface area (Å²) in [5, 5.41) is 9.33. The molecule has 1 fully saturated rings. The Hall–Kier alpha value is 1.12. The van der Waals surface area contributed by atoms with E-state index in [4.69, 9.17) is 46.4 Å². The van der Waals surface area contributed by atoms with Crippen LogP contribution in [-0.2, 0) is 0 Å². The van der Waals surface area contributed by atoms with Gasteiger partial charge in [-0.25, -0.2) is 0 Å². The van der Waals surface area contributed by atoms with E-state index in [1.54, 1.807) is 6.92 Å². The third kappa shape index (κ3) is 1.36. The molecule has 0 saturated heterocycles. The maximum atomic E-state index is 9.33. The minimum Gasteiger partial charge on any atom is -0.390 e. The third-order valence-electron chi connectivity index (χ3n) is 2.06. The first-order chi connectivity index (χ1) is 4.80. The fourth-order valence-electron chi connectivity index (χ4n) is 1.18. The zero-order valence-corrected chi connectivity index (χ0v) is 8.84. The molecule has 2 atom stereocenters. The maximum absolute atomic E-state index is 9.33. The third-order valence-corrected chi connectivity index (χ3v) is 4.89. The molecule has 11 heavy (non-hydrogen) atoms. The molecule has 1 saturated carbocycles. The number of hydrogen-bond acceptors (Lipinski definition) is 1.